The molecule has 3 rings (SSSR count). The van der Waals surface area contributed by atoms with Gasteiger partial charge in [-0.1, -0.05) is 6.07 Å². The van der Waals surface area contributed by atoms with Crippen molar-refractivity contribution >= 4 is 35.4 Å². The lowest BCUT2D eigenvalue weighted by Crippen LogP contribution is -2.43. The van der Waals surface area contributed by atoms with E-state index in [1.54, 1.807) is 4.57 Å². The molecule has 1 N–H and O–H groups in total. The molecule has 2 aromatic heterocycles. The number of nitrogens with one attached hydrogen (secondary N) is 1. The van der Waals surface area contributed by atoms with Crippen LogP contribution < -0.4 is 0 Å². The number of likely N-dealkylation sites (N-methyl/N-ethyl adjacent to an activating group) is 1. The van der Waals surface area contributed by atoms with E-state index in [1.807, 2.05) is 17.5 Å². The zero-order chi connectivity index (χ0) is 14.3. The van der Waals surface area contributed by atoms with E-state index in [2.05, 4.69) is 10.2 Å². The molecule has 2 amide bonds. The molecule has 0 bridgehead atoms. The summed E-state index contributed by atoms with van der Waals surface area (Å²) < 4.78 is 2.11. The van der Waals surface area contributed by atoms with Gasteiger partial charge in [-0.15, -0.1) is 11.3 Å². The molecule has 0 spiro atoms. The van der Waals surface area contributed by atoms with Gasteiger partial charge in [-0.25, -0.2) is 0 Å². The lowest BCUT2D eigenvalue weighted by Gasteiger charge is -2.28. The van der Waals surface area contributed by atoms with Crippen LogP contribution in [0.3, 0.4) is 0 Å². The van der Waals surface area contributed by atoms with Crippen molar-refractivity contribution in [3.05, 3.63) is 22.3 Å². The van der Waals surface area contributed by atoms with Gasteiger partial charge in [0.05, 0.1) is 4.88 Å². The molecule has 0 aliphatic carbocycles. The highest BCUT2D eigenvalue weighted by Gasteiger charge is 2.35. The van der Waals surface area contributed by atoms with Gasteiger partial charge in [0.2, 0.25) is 5.91 Å². The maximum Gasteiger partial charge on any atom is 0.252 e. The molecule has 104 valence electrons. The van der Waals surface area contributed by atoms with E-state index in [4.69, 9.17) is 12.2 Å². The van der Waals surface area contributed by atoms with E-state index in [0.717, 1.165) is 4.88 Å². The molecule has 20 heavy (non-hydrogen) atoms. The highest BCUT2D eigenvalue weighted by molar-refractivity contribution is 7.71. The van der Waals surface area contributed by atoms with Crippen molar-refractivity contribution in [2.24, 2.45) is 0 Å². The normalized spacial score (nSPS) is 19.6. The van der Waals surface area contributed by atoms with Crippen molar-refractivity contribution in [1.82, 2.24) is 19.7 Å². The Labute approximate surface area is 124 Å². The van der Waals surface area contributed by atoms with E-state index in [-0.39, 0.29) is 11.8 Å². The molecular formula is C12H12N4O2S2. The van der Waals surface area contributed by atoms with Crippen LogP contribution in [-0.2, 0) is 9.59 Å². The molecule has 0 aromatic carbocycles. The predicted octanol–water partition coefficient (Wildman–Crippen LogP) is 1.99. The molecule has 0 radical (unpaired) electrons. The SMILES string of the molecule is CN1C(=O)CCC(n2c(-c3cccs3)n[nH]c2=S)C1=O. The number of carbonyl (C=O) groups excluding carboxylic acids is 2. The molecule has 6 nitrogen and oxygen atoms in total. The number of imide groups is 1. The molecule has 2 aromatic rings. The lowest BCUT2D eigenvalue weighted by atomic mass is 10.0. The fraction of sp³-hybridized carbons (Fsp3) is 0.333. The topological polar surface area (TPSA) is 71.0 Å². The van der Waals surface area contributed by atoms with Gasteiger partial charge < -0.3 is 0 Å². The molecule has 1 atom stereocenters. The van der Waals surface area contributed by atoms with Gasteiger partial charge in [0.15, 0.2) is 10.6 Å². The van der Waals surface area contributed by atoms with Crippen LogP contribution in [0.4, 0.5) is 0 Å². The predicted molar refractivity (Wildman–Crippen MR) is 76.8 cm³/mol. The van der Waals surface area contributed by atoms with Crippen LogP contribution >= 0.6 is 23.6 Å². The van der Waals surface area contributed by atoms with Gasteiger partial charge in [-0.05, 0) is 30.1 Å². The Balaban J connectivity index is 2.07. The van der Waals surface area contributed by atoms with Crippen LogP contribution in [0.1, 0.15) is 18.9 Å². The number of amides is 2. The zero-order valence-electron chi connectivity index (χ0n) is 10.7. The number of hydrogen-bond donors (Lipinski definition) is 1. The fourth-order valence-corrected chi connectivity index (χ4v) is 3.28. The minimum absolute atomic E-state index is 0.154. The molecular weight excluding hydrogens is 296 g/mol. The zero-order valence-corrected chi connectivity index (χ0v) is 12.3. The number of likely N-dealkylation sites (tertiary alicyclic amines) is 1. The molecule has 3 heterocycles. The molecule has 1 aliphatic rings. The van der Waals surface area contributed by atoms with Crippen molar-refractivity contribution in [2.75, 3.05) is 7.05 Å². The quantitative estimate of drug-likeness (QED) is 0.680. The average Bonchev–Trinajstić information content (AvgIpc) is 3.06. The monoisotopic (exact) mass is 308 g/mol. The van der Waals surface area contributed by atoms with Crippen LogP contribution in [0.15, 0.2) is 17.5 Å². The van der Waals surface area contributed by atoms with E-state index in [9.17, 15) is 9.59 Å². The highest BCUT2D eigenvalue weighted by atomic mass is 32.1. The van der Waals surface area contributed by atoms with Gasteiger partial charge >= 0.3 is 0 Å². The second kappa shape index (κ2) is 4.95. The minimum Gasteiger partial charge on any atom is -0.287 e. The lowest BCUT2D eigenvalue weighted by molar-refractivity contribution is -0.149. The number of rotatable bonds is 2. The van der Waals surface area contributed by atoms with Gasteiger partial charge in [-0.3, -0.25) is 24.2 Å². The van der Waals surface area contributed by atoms with Crippen molar-refractivity contribution < 1.29 is 9.59 Å². The first kappa shape index (κ1) is 13.2. The fourth-order valence-electron chi connectivity index (χ4n) is 2.31. The number of hydrogen-bond acceptors (Lipinski definition) is 5. The third-order valence-electron chi connectivity index (χ3n) is 3.38. The van der Waals surface area contributed by atoms with Crippen LogP contribution in [-0.4, -0.2) is 38.5 Å². The Kier molecular flexibility index (Phi) is 3.27. The van der Waals surface area contributed by atoms with Gasteiger partial charge in [0.25, 0.3) is 5.91 Å². The largest absolute Gasteiger partial charge is 0.287 e. The summed E-state index contributed by atoms with van der Waals surface area (Å²) in [6.07, 6.45) is 0.790. The molecule has 1 aliphatic heterocycles. The minimum atomic E-state index is -0.471. The Morgan fingerprint density at radius 3 is 3.00 bits per heavy atom. The van der Waals surface area contributed by atoms with Crippen molar-refractivity contribution in [3.8, 4) is 10.7 Å². The van der Waals surface area contributed by atoms with Crippen LogP contribution in [0.5, 0.6) is 0 Å². The number of piperidine rings is 1. The molecule has 1 unspecified atom stereocenters. The molecule has 0 saturated carbocycles. The van der Waals surface area contributed by atoms with Crippen LogP contribution in [0, 0.1) is 4.77 Å². The molecule has 1 fully saturated rings. The number of nitrogens with zero attached hydrogens (tertiary/aromatic N) is 3. The summed E-state index contributed by atoms with van der Waals surface area (Å²) in [6.45, 7) is 0. The number of aromatic amines is 1. The molecule has 1 saturated heterocycles. The van der Waals surface area contributed by atoms with E-state index in [0.29, 0.717) is 23.4 Å². The van der Waals surface area contributed by atoms with Crippen molar-refractivity contribution in [2.45, 2.75) is 18.9 Å². The second-order valence-corrected chi connectivity index (χ2v) is 5.88. The van der Waals surface area contributed by atoms with Gasteiger partial charge in [0.1, 0.15) is 6.04 Å². The maximum absolute atomic E-state index is 12.3. The van der Waals surface area contributed by atoms with Crippen LogP contribution in [0.25, 0.3) is 10.7 Å². The first-order valence-electron chi connectivity index (χ1n) is 6.11. The Morgan fingerprint density at radius 2 is 2.30 bits per heavy atom. The standard InChI is InChI=1S/C12H12N4O2S2/c1-15-9(17)5-4-7(11(15)18)16-10(13-14-12(16)19)8-3-2-6-20-8/h2-3,6-7H,4-5H2,1H3,(H,14,19). The number of carbonyl (C=O) groups is 2. The number of thiophene rings is 1. The maximum atomic E-state index is 12.3. The summed E-state index contributed by atoms with van der Waals surface area (Å²) in [5, 5.41) is 8.89. The summed E-state index contributed by atoms with van der Waals surface area (Å²) in [6, 6.07) is 3.37. The molecule has 8 heteroatoms. The second-order valence-electron chi connectivity index (χ2n) is 4.55. The first-order chi connectivity index (χ1) is 9.59. The highest BCUT2D eigenvalue weighted by Crippen LogP contribution is 2.30. The smallest absolute Gasteiger partial charge is 0.252 e. The summed E-state index contributed by atoms with van der Waals surface area (Å²) >= 11 is 6.77. The van der Waals surface area contributed by atoms with Crippen LogP contribution in [0.2, 0.25) is 0 Å². The van der Waals surface area contributed by atoms with Gasteiger partial charge in [0, 0.05) is 13.5 Å². The first-order valence-corrected chi connectivity index (χ1v) is 7.39. The number of aromatic nitrogens is 3. The van der Waals surface area contributed by atoms with Crippen molar-refractivity contribution in [3.63, 3.8) is 0 Å². The average molecular weight is 308 g/mol. The third-order valence-corrected chi connectivity index (χ3v) is 4.53. The third kappa shape index (κ3) is 2.01. The Bertz CT molecular complexity index is 716. The number of H-pyrrole nitrogens is 1. The summed E-state index contributed by atoms with van der Waals surface area (Å²) in [4.78, 5) is 26.0. The van der Waals surface area contributed by atoms with Crippen molar-refractivity contribution in [1.29, 1.82) is 0 Å². The van der Waals surface area contributed by atoms with E-state index in [1.165, 1.54) is 23.3 Å². The van der Waals surface area contributed by atoms with E-state index < -0.39 is 6.04 Å². The summed E-state index contributed by atoms with van der Waals surface area (Å²) in [5.74, 6) is 0.251. The van der Waals surface area contributed by atoms with E-state index >= 15 is 0 Å². The Morgan fingerprint density at radius 1 is 1.50 bits per heavy atom. The summed E-state index contributed by atoms with van der Waals surface area (Å²) in [5.41, 5.74) is 0. The summed E-state index contributed by atoms with van der Waals surface area (Å²) in [7, 11) is 1.51. The van der Waals surface area contributed by atoms with Gasteiger partial charge in [-0.2, -0.15) is 5.10 Å². The Hall–Kier alpha value is -1.80.